The Hall–Kier alpha value is -1.46. The third kappa shape index (κ3) is 2.24. The van der Waals surface area contributed by atoms with Crippen LogP contribution < -0.4 is 10.6 Å². The maximum Gasteiger partial charge on any atom is 0.251 e. The standard InChI is InChI=1S/C16H19N3OS/c1-2-12-11-5-3-9(7-15(11)21-19-12)16(20)18-14-8-10-4-6-13(14)17-10/h3,5,7,10,13-14,17H,2,4,6,8H2,1H3,(H,18,20)/t10-,13+,14-/m1/s1. The third-order valence-corrected chi connectivity index (χ3v) is 5.61. The van der Waals surface area contributed by atoms with Crippen molar-refractivity contribution >= 4 is 27.5 Å². The molecule has 2 aliphatic heterocycles. The molecule has 2 N–H and O–H groups in total. The Morgan fingerprint density at radius 1 is 1.48 bits per heavy atom. The number of carbonyl (C=O) groups is 1. The van der Waals surface area contributed by atoms with Gasteiger partial charge in [-0.1, -0.05) is 13.0 Å². The number of nitrogens with one attached hydrogen (secondary N) is 2. The Morgan fingerprint density at radius 3 is 3.10 bits per heavy atom. The summed E-state index contributed by atoms with van der Waals surface area (Å²) in [5, 5.41) is 7.93. The molecule has 0 aliphatic carbocycles. The minimum Gasteiger partial charge on any atom is -0.348 e. The number of hydrogen-bond acceptors (Lipinski definition) is 4. The van der Waals surface area contributed by atoms with Crippen molar-refractivity contribution in [1.82, 2.24) is 15.0 Å². The number of aryl methyl sites for hydroxylation is 1. The quantitative estimate of drug-likeness (QED) is 0.916. The number of aromatic nitrogens is 1. The number of fused-ring (bicyclic) bond motifs is 3. The second-order valence-corrected chi connectivity index (χ2v) is 6.86. The van der Waals surface area contributed by atoms with Crippen molar-refractivity contribution in [1.29, 1.82) is 0 Å². The lowest BCUT2D eigenvalue weighted by Gasteiger charge is -2.21. The number of carbonyl (C=O) groups excluding carboxylic acids is 1. The predicted molar refractivity (Wildman–Crippen MR) is 84.8 cm³/mol. The van der Waals surface area contributed by atoms with Gasteiger partial charge in [-0.15, -0.1) is 0 Å². The van der Waals surface area contributed by atoms with Crippen LogP contribution in [-0.4, -0.2) is 28.4 Å². The summed E-state index contributed by atoms with van der Waals surface area (Å²) in [6.45, 7) is 2.11. The van der Waals surface area contributed by atoms with Crippen LogP contribution in [-0.2, 0) is 6.42 Å². The van der Waals surface area contributed by atoms with Crippen molar-refractivity contribution in [2.45, 2.75) is 50.7 Å². The fourth-order valence-corrected chi connectivity index (χ4v) is 4.52. The van der Waals surface area contributed by atoms with Crippen molar-refractivity contribution in [3.8, 4) is 0 Å². The third-order valence-electron chi connectivity index (χ3n) is 4.76. The fourth-order valence-electron chi connectivity index (χ4n) is 3.62. The number of amides is 1. The normalized spacial score (nSPS) is 27.4. The summed E-state index contributed by atoms with van der Waals surface area (Å²) in [4.78, 5) is 12.4. The van der Waals surface area contributed by atoms with Crippen LogP contribution in [0.2, 0.25) is 0 Å². The van der Waals surface area contributed by atoms with Gasteiger partial charge in [0, 0.05) is 29.1 Å². The Labute approximate surface area is 128 Å². The summed E-state index contributed by atoms with van der Waals surface area (Å²) in [6, 6.07) is 7.30. The van der Waals surface area contributed by atoms with Gasteiger partial charge in [0.2, 0.25) is 0 Å². The number of benzene rings is 1. The Bertz CT molecular complexity index is 696. The molecule has 2 bridgehead atoms. The lowest BCUT2D eigenvalue weighted by Crippen LogP contribution is -2.42. The van der Waals surface area contributed by atoms with Gasteiger partial charge in [-0.2, -0.15) is 4.37 Å². The van der Waals surface area contributed by atoms with Gasteiger partial charge in [-0.05, 0) is 49.3 Å². The van der Waals surface area contributed by atoms with Gasteiger partial charge in [0.1, 0.15) is 0 Å². The molecule has 2 aromatic rings. The lowest BCUT2D eigenvalue weighted by molar-refractivity contribution is 0.0931. The van der Waals surface area contributed by atoms with Crippen molar-refractivity contribution in [2.24, 2.45) is 0 Å². The molecule has 21 heavy (non-hydrogen) atoms. The van der Waals surface area contributed by atoms with Crippen LogP contribution in [0.3, 0.4) is 0 Å². The van der Waals surface area contributed by atoms with E-state index in [1.54, 1.807) is 0 Å². The Morgan fingerprint density at radius 2 is 2.38 bits per heavy atom. The van der Waals surface area contributed by atoms with Crippen LogP contribution in [0.4, 0.5) is 0 Å². The second kappa shape index (κ2) is 5.07. The highest BCUT2D eigenvalue weighted by atomic mass is 32.1. The van der Waals surface area contributed by atoms with Gasteiger partial charge in [0.05, 0.1) is 10.4 Å². The van der Waals surface area contributed by atoms with E-state index in [1.807, 2.05) is 18.2 Å². The smallest absolute Gasteiger partial charge is 0.251 e. The summed E-state index contributed by atoms with van der Waals surface area (Å²) in [7, 11) is 0. The number of hydrogen-bond donors (Lipinski definition) is 2. The molecule has 1 amide bonds. The molecule has 2 fully saturated rings. The molecule has 0 unspecified atom stereocenters. The lowest BCUT2D eigenvalue weighted by atomic mass is 9.95. The van der Waals surface area contributed by atoms with Gasteiger partial charge in [0.25, 0.3) is 5.91 Å². The van der Waals surface area contributed by atoms with E-state index < -0.39 is 0 Å². The maximum absolute atomic E-state index is 12.4. The first kappa shape index (κ1) is 13.2. The zero-order valence-electron chi connectivity index (χ0n) is 12.1. The van der Waals surface area contributed by atoms with Crippen LogP contribution >= 0.6 is 11.5 Å². The summed E-state index contributed by atoms with van der Waals surface area (Å²) >= 11 is 1.48. The topological polar surface area (TPSA) is 54.0 Å². The fraction of sp³-hybridized carbons (Fsp3) is 0.500. The summed E-state index contributed by atoms with van der Waals surface area (Å²) in [6.07, 6.45) is 4.44. The Kier molecular flexibility index (Phi) is 3.19. The van der Waals surface area contributed by atoms with Crippen molar-refractivity contribution < 1.29 is 4.79 Å². The molecule has 2 aliphatic rings. The zero-order chi connectivity index (χ0) is 14.4. The molecule has 3 heterocycles. The SMILES string of the molecule is CCc1nsc2cc(C(=O)N[C@@H]3C[C@H]4CC[C@@H]3N4)ccc12. The minimum atomic E-state index is 0.0442. The van der Waals surface area contributed by atoms with E-state index in [1.165, 1.54) is 29.8 Å². The predicted octanol–water partition coefficient (Wildman–Crippen LogP) is 2.48. The molecule has 4 rings (SSSR count). The molecule has 1 aromatic heterocycles. The van der Waals surface area contributed by atoms with Gasteiger partial charge in [-0.25, -0.2) is 0 Å². The number of nitrogens with zero attached hydrogens (tertiary/aromatic N) is 1. The van der Waals surface area contributed by atoms with Gasteiger partial charge in [-0.3, -0.25) is 4.79 Å². The van der Waals surface area contributed by atoms with E-state index in [0.717, 1.165) is 28.8 Å². The van der Waals surface area contributed by atoms with Crippen LogP contribution in [0.5, 0.6) is 0 Å². The van der Waals surface area contributed by atoms with Crippen LogP contribution in [0, 0.1) is 0 Å². The molecule has 5 heteroatoms. The van der Waals surface area contributed by atoms with Crippen molar-refractivity contribution in [2.75, 3.05) is 0 Å². The summed E-state index contributed by atoms with van der Waals surface area (Å²) < 4.78 is 5.55. The first-order chi connectivity index (χ1) is 10.2. The highest BCUT2D eigenvalue weighted by Crippen LogP contribution is 2.29. The molecular formula is C16H19N3OS. The van der Waals surface area contributed by atoms with Crippen molar-refractivity contribution in [3.05, 3.63) is 29.5 Å². The summed E-state index contributed by atoms with van der Waals surface area (Å²) in [5.41, 5.74) is 1.87. The van der Waals surface area contributed by atoms with Gasteiger partial charge in [0.15, 0.2) is 0 Å². The van der Waals surface area contributed by atoms with Gasteiger partial charge < -0.3 is 10.6 Å². The van der Waals surface area contributed by atoms with Crippen molar-refractivity contribution in [3.63, 3.8) is 0 Å². The van der Waals surface area contributed by atoms with Crippen LogP contribution in [0.1, 0.15) is 42.2 Å². The van der Waals surface area contributed by atoms with E-state index >= 15 is 0 Å². The highest BCUT2D eigenvalue weighted by Gasteiger charge is 2.39. The average Bonchev–Trinajstić information content (AvgIpc) is 3.21. The molecular weight excluding hydrogens is 282 g/mol. The molecule has 0 spiro atoms. The Balaban J connectivity index is 1.54. The maximum atomic E-state index is 12.4. The number of rotatable bonds is 3. The molecule has 110 valence electrons. The van der Waals surface area contributed by atoms with E-state index in [-0.39, 0.29) is 5.91 Å². The molecule has 0 saturated carbocycles. The first-order valence-electron chi connectivity index (χ1n) is 7.70. The highest BCUT2D eigenvalue weighted by molar-refractivity contribution is 7.13. The minimum absolute atomic E-state index is 0.0442. The van der Waals surface area contributed by atoms with Crippen LogP contribution in [0.25, 0.3) is 10.1 Å². The zero-order valence-corrected chi connectivity index (χ0v) is 12.9. The molecule has 1 aromatic carbocycles. The summed E-state index contributed by atoms with van der Waals surface area (Å²) in [5.74, 6) is 0.0442. The molecule has 3 atom stereocenters. The van der Waals surface area contributed by atoms with Crippen LogP contribution in [0.15, 0.2) is 18.2 Å². The van der Waals surface area contributed by atoms with E-state index in [4.69, 9.17) is 0 Å². The monoisotopic (exact) mass is 301 g/mol. The average molecular weight is 301 g/mol. The molecule has 0 radical (unpaired) electrons. The largest absolute Gasteiger partial charge is 0.348 e. The van der Waals surface area contributed by atoms with E-state index in [9.17, 15) is 4.79 Å². The van der Waals surface area contributed by atoms with E-state index in [2.05, 4.69) is 21.9 Å². The van der Waals surface area contributed by atoms with Gasteiger partial charge >= 0.3 is 0 Å². The molecule has 4 nitrogen and oxygen atoms in total. The van der Waals surface area contributed by atoms with E-state index in [0.29, 0.717) is 18.1 Å². The first-order valence-corrected chi connectivity index (χ1v) is 8.47. The second-order valence-electron chi connectivity index (χ2n) is 6.06. The molecule has 2 saturated heterocycles.